The molecule has 0 bridgehead atoms. The van der Waals surface area contributed by atoms with E-state index in [0.29, 0.717) is 0 Å². The molecule has 96 valence electrons. The minimum Gasteiger partial charge on any atom is -0.326 e. The average Bonchev–Trinajstić information content (AvgIpc) is 2.26. The molecular weight excluding hydrogens is 226 g/mol. The first-order valence-corrected chi connectivity index (χ1v) is 6.00. The summed E-state index contributed by atoms with van der Waals surface area (Å²) in [5, 5.41) is 2.70. The van der Waals surface area contributed by atoms with Crippen LogP contribution in [0.2, 0.25) is 0 Å². The third-order valence-electron chi connectivity index (χ3n) is 2.58. The summed E-state index contributed by atoms with van der Waals surface area (Å²) in [7, 11) is 0. The normalized spacial score (nSPS) is 11.5. The second-order valence-electron chi connectivity index (χ2n) is 4.61. The summed E-state index contributed by atoms with van der Waals surface area (Å²) in [6, 6.07) is 7.42. The molecule has 0 aliphatic heterocycles. The first-order chi connectivity index (χ1) is 8.40. The Bertz CT molecular complexity index is 470. The van der Waals surface area contributed by atoms with Crippen LogP contribution in [0.3, 0.4) is 0 Å². The van der Waals surface area contributed by atoms with E-state index >= 15 is 0 Å². The molecule has 1 aromatic rings. The van der Waals surface area contributed by atoms with Gasteiger partial charge in [-0.15, -0.1) is 0 Å². The molecule has 0 atom stereocenters. The number of anilines is 1. The van der Waals surface area contributed by atoms with Crippen molar-refractivity contribution in [1.29, 1.82) is 0 Å². The van der Waals surface area contributed by atoms with Crippen molar-refractivity contribution in [2.45, 2.75) is 27.7 Å². The van der Waals surface area contributed by atoms with Gasteiger partial charge in [-0.25, -0.2) is 0 Å². The van der Waals surface area contributed by atoms with Gasteiger partial charge in [0.15, 0.2) is 5.78 Å². The third-order valence-corrected chi connectivity index (χ3v) is 2.58. The lowest BCUT2D eigenvalue weighted by molar-refractivity contribution is -0.114. The molecule has 1 aromatic carbocycles. The Morgan fingerprint density at radius 2 is 1.67 bits per heavy atom. The molecule has 3 heteroatoms. The van der Waals surface area contributed by atoms with Crippen LogP contribution < -0.4 is 5.32 Å². The predicted molar refractivity (Wildman–Crippen MR) is 74.2 cm³/mol. The summed E-state index contributed by atoms with van der Waals surface area (Å²) >= 11 is 0. The number of allylic oxidation sites excluding steroid dienone is 1. The Hall–Kier alpha value is -1.90. The van der Waals surface area contributed by atoms with Gasteiger partial charge >= 0.3 is 0 Å². The number of ketones is 1. The minimum atomic E-state index is -0.0927. The standard InChI is InChI=1S/C15H19NO2/c1-10(2)15(11(3)17)9-13-5-7-14(8-6-13)16-12(4)18/h5-10H,1-4H3,(H,16,18)/b15-9+. The molecule has 0 saturated carbocycles. The molecule has 1 N–H and O–H groups in total. The number of amides is 1. The van der Waals surface area contributed by atoms with Gasteiger partial charge in [-0.1, -0.05) is 26.0 Å². The highest BCUT2D eigenvalue weighted by molar-refractivity contribution is 5.98. The molecule has 0 spiro atoms. The lowest BCUT2D eigenvalue weighted by Gasteiger charge is -2.08. The maximum Gasteiger partial charge on any atom is 0.221 e. The molecule has 0 aromatic heterocycles. The third kappa shape index (κ3) is 4.17. The van der Waals surface area contributed by atoms with Crippen LogP contribution in [-0.4, -0.2) is 11.7 Å². The Kier molecular flexibility index (Phi) is 4.84. The summed E-state index contributed by atoms with van der Waals surface area (Å²) in [6.45, 7) is 7.05. The van der Waals surface area contributed by atoms with E-state index in [9.17, 15) is 9.59 Å². The fourth-order valence-corrected chi connectivity index (χ4v) is 1.72. The van der Waals surface area contributed by atoms with Gasteiger partial charge in [0, 0.05) is 12.6 Å². The summed E-state index contributed by atoms with van der Waals surface area (Å²) in [5.74, 6) is 0.207. The molecule has 18 heavy (non-hydrogen) atoms. The van der Waals surface area contributed by atoms with Crippen LogP contribution in [0.25, 0.3) is 6.08 Å². The minimum absolute atomic E-state index is 0.0927. The van der Waals surface area contributed by atoms with Gasteiger partial charge in [0.25, 0.3) is 0 Å². The van der Waals surface area contributed by atoms with E-state index in [1.165, 1.54) is 6.92 Å². The van der Waals surface area contributed by atoms with Crippen molar-refractivity contribution in [3.05, 3.63) is 35.4 Å². The fraction of sp³-hybridized carbons (Fsp3) is 0.333. The summed E-state index contributed by atoms with van der Waals surface area (Å²) in [6.07, 6.45) is 1.89. The monoisotopic (exact) mass is 245 g/mol. The molecule has 0 saturated heterocycles. The van der Waals surface area contributed by atoms with E-state index in [2.05, 4.69) is 5.32 Å². The molecule has 1 amide bonds. The number of rotatable bonds is 4. The molecular formula is C15H19NO2. The van der Waals surface area contributed by atoms with Crippen molar-refractivity contribution in [1.82, 2.24) is 0 Å². The molecule has 0 aliphatic rings. The van der Waals surface area contributed by atoms with Crippen molar-refractivity contribution in [3.8, 4) is 0 Å². The number of Topliss-reactive ketones (excluding diaryl/α,β-unsaturated/α-hetero) is 1. The molecule has 0 radical (unpaired) electrons. The maximum atomic E-state index is 11.5. The van der Waals surface area contributed by atoms with E-state index in [0.717, 1.165) is 16.8 Å². The number of carbonyl (C=O) groups excluding carboxylic acids is 2. The second-order valence-corrected chi connectivity index (χ2v) is 4.61. The number of hydrogen-bond donors (Lipinski definition) is 1. The number of carbonyl (C=O) groups is 2. The number of nitrogens with one attached hydrogen (secondary N) is 1. The van der Waals surface area contributed by atoms with Crippen LogP contribution in [0.4, 0.5) is 5.69 Å². The lowest BCUT2D eigenvalue weighted by atomic mass is 9.97. The first kappa shape index (κ1) is 14.2. The maximum absolute atomic E-state index is 11.5. The highest BCUT2D eigenvalue weighted by atomic mass is 16.1. The molecule has 1 rings (SSSR count). The zero-order valence-electron chi connectivity index (χ0n) is 11.3. The van der Waals surface area contributed by atoms with Crippen LogP contribution in [0, 0.1) is 5.92 Å². The van der Waals surface area contributed by atoms with Crippen molar-refractivity contribution in [2.24, 2.45) is 5.92 Å². The predicted octanol–water partition coefficient (Wildman–Crippen LogP) is 3.27. The number of benzene rings is 1. The molecule has 3 nitrogen and oxygen atoms in total. The van der Waals surface area contributed by atoms with E-state index in [1.807, 2.05) is 44.2 Å². The molecule has 0 fully saturated rings. The van der Waals surface area contributed by atoms with E-state index < -0.39 is 0 Å². The fourth-order valence-electron chi connectivity index (χ4n) is 1.72. The topological polar surface area (TPSA) is 46.2 Å². The van der Waals surface area contributed by atoms with Crippen molar-refractivity contribution in [3.63, 3.8) is 0 Å². The van der Waals surface area contributed by atoms with Crippen molar-refractivity contribution in [2.75, 3.05) is 5.32 Å². The Labute approximate surface area is 108 Å². The van der Waals surface area contributed by atoms with Crippen LogP contribution in [0.1, 0.15) is 33.3 Å². The summed E-state index contributed by atoms with van der Waals surface area (Å²) < 4.78 is 0. The van der Waals surface area contributed by atoms with Gasteiger partial charge in [-0.3, -0.25) is 9.59 Å². The Morgan fingerprint density at radius 3 is 2.06 bits per heavy atom. The smallest absolute Gasteiger partial charge is 0.221 e. The van der Waals surface area contributed by atoms with Gasteiger partial charge < -0.3 is 5.32 Å². The Morgan fingerprint density at radius 1 is 1.11 bits per heavy atom. The number of hydrogen-bond acceptors (Lipinski definition) is 2. The molecule has 0 aliphatic carbocycles. The van der Waals surface area contributed by atoms with Gasteiger partial charge in [0.2, 0.25) is 5.91 Å². The van der Waals surface area contributed by atoms with E-state index in [1.54, 1.807) is 6.92 Å². The largest absolute Gasteiger partial charge is 0.326 e. The van der Waals surface area contributed by atoms with Gasteiger partial charge in [0.05, 0.1) is 0 Å². The highest BCUT2D eigenvalue weighted by Gasteiger charge is 2.08. The van der Waals surface area contributed by atoms with Crippen LogP contribution in [0.5, 0.6) is 0 Å². The lowest BCUT2D eigenvalue weighted by Crippen LogP contribution is -2.05. The van der Waals surface area contributed by atoms with Crippen molar-refractivity contribution < 1.29 is 9.59 Å². The molecule has 0 heterocycles. The average molecular weight is 245 g/mol. The highest BCUT2D eigenvalue weighted by Crippen LogP contribution is 2.17. The van der Waals surface area contributed by atoms with E-state index in [-0.39, 0.29) is 17.6 Å². The molecule has 0 unspecified atom stereocenters. The van der Waals surface area contributed by atoms with E-state index in [4.69, 9.17) is 0 Å². The second kappa shape index (κ2) is 6.15. The summed E-state index contributed by atoms with van der Waals surface area (Å²) in [4.78, 5) is 22.4. The van der Waals surface area contributed by atoms with Crippen LogP contribution in [-0.2, 0) is 9.59 Å². The quantitative estimate of drug-likeness (QED) is 0.827. The van der Waals surface area contributed by atoms with Gasteiger partial charge in [-0.2, -0.15) is 0 Å². The SMILES string of the molecule is CC(=O)Nc1ccc(/C=C(/C(C)=O)C(C)C)cc1. The Balaban J connectivity index is 2.94. The van der Waals surface area contributed by atoms with Crippen LogP contribution in [0.15, 0.2) is 29.8 Å². The zero-order chi connectivity index (χ0) is 13.7. The first-order valence-electron chi connectivity index (χ1n) is 6.00. The van der Waals surface area contributed by atoms with Gasteiger partial charge in [-0.05, 0) is 42.2 Å². The summed E-state index contributed by atoms with van der Waals surface area (Å²) in [5.41, 5.74) is 2.53. The van der Waals surface area contributed by atoms with Crippen LogP contribution >= 0.6 is 0 Å². The van der Waals surface area contributed by atoms with Crippen molar-refractivity contribution >= 4 is 23.5 Å². The van der Waals surface area contributed by atoms with Gasteiger partial charge in [0.1, 0.15) is 0 Å². The zero-order valence-corrected chi connectivity index (χ0v) is 11.3.